The molecule has 1 heterocycles. The van der Waals surface area contributed by atoms with Crippen LogP contribution in [0.3, 0.4) is 0 Å². The number of aromatic nitrogens is 3. The summed E-state index contributed by atoms with van der Waals surface area (Å²) >= 11 is 6.18. The molecule has 2 rings (SSSR count). The number of benzene rings is 1. The van der Waals surface area contributed by atoms with Gasteiger partial charge in [0.1, 0.15) is 18.2 Å². The second kappa shape index (κ2) is 6.04. The van der Waals surface area contributed by atoms with Crippen LogP contribution in [0.15, 0.2) is 18.2 Å². The van der Waals surface area contributed by atoms with E-state index in [9.17, 15) is 0 Å². The predicted octanol–water partition coefficient (Wildman–Crippen LogP) is 2.08. The summed E-state index contributed by atoms with van der Waals surface area (Å²) in [4.78, 5) is 0. The number of rotatable bonds is 5. The predicted molar refractivity (Wildman–Crippen MR) is 74.3 cm³/mol. The Morgan fingerprint density at radius 1 is 1.37 bits per heavy atom. The smallest absolute Gasteiger partial charge is 0.170 e. The highest BCUT2D eigenvalue weighted by Crippen LogP contribution is 2.26. The van der Waals surface area contributed by atoms with Gasteiger partial charge in [-0.05, 0) is 31.7 Å². The molecule has 0 amide bonds. The molecular weight excluding hydrogens is 264 g/mol. The fourth-order valence-electron chi connectivity index (χ4n) is 1.69. The highest BCUT2D eigenvalue weighted by atomic mass is 35.5. The molecule has 0 bridgehead atoms. The molecule has 0 aliphatic rings. The molecule has 0 fully saturated rings. The van der Waals surface area contributed by atoms with Crippen molar-refractivity contribution in [3.05, 3.63) is 40.4 Å². The number of halogens is 1. The quantitative estimate of drug-likeness (QED) is 0.911. The summed E-state index contributed by atoms with van der Waals surface area (Å²) in [6.07, 6.45) is 0. The minimum Gasteiger partial charge on any atom is -0.484 e. The normalized spacial score (nSPS) is 10.7. The fourth-order valence-corrected chi connectivity index (χ4v) is 1.95. The molecule has 0 atom stereocenters. The molecule has 1 aromatic carbocycles. The standard InChI is InChI=1S/C13H17ClN4O/c1-9-16-17-13(18(9)3)8-19-12-5-4-10(7-15-2)6-11(12)14/h4-6,15H,7-8H2,1-3H3. The lowest BCUT2D eigenvalue weighted by molar-refractivity contribution is 0.291. The van der Waals surface area contributed by atoms with Crippen molar-refractivity contribution in [1.29, 1.82) is 0 Å². The molecule has 0 unspecified atom stereocenters. The molecular formula is C13H17ClN4O. The SMILES string of the molecule is CNCc1ccc(OCc2nnc(C)n2C)c(Cl)c1. The minimum atomic E-state index is 0.350. The van der Waals surface area contributed by atoms with Crippen LogP contribution >= 0.6 is 11.6 Å². The zero-order chi connectivity index (χ0) is 13.8. The second-order valence-electron chi connectivity index (χ2n) is 4.31. The van der Waals surface area contributed by atoms with Gasteiger partial charge in [-0.2, -0.15) is 0 Å². The molecule has 1 aromatic heterocycles. The summed E-state index contributed by atoms with van der Waals surface area (Å²) in [7, 11) is 3.81. The van der Waals surface area contributed by atoms with E-state index in [1.165, 1.54) is 0 Å². The molecule has 0 aliphatic carbocycles. The number of aryl methyl sites for hydroxylation is 1. The fraction of sp³-hybridized carbons (Fsp3) is 0.385. The number of nitrogens with zero attached hydrogens (tertiary/aromatic N) is 3. The lowest BCUT2D eigenvalue weighted by Crippen LogP contribution is -2.06. The lowest BCUT2D eigenvalue weighted by atomic mass is 10.2. The van der Waals surface area contributed by atoms with Gasteiger partial charge >= 0.3 is 0 Å². The Hall–Kier alpha value is -1.59. The van der Waals surface area contributed by atoms with Crippen LogP contribution in [0.1, 0.15) is 17.2 Å². The first-order valence-corrected chi connectivity index (χ1v) is 6.40. The molecule has 1 N–H and O–H groups in total. The van der Waals surface area contributed by atoms with Crippen molar-refractivity contribution < 1.29 is 4.74 Å². The first kappa shape index (κ1) is 13.8. The van der Waals surface area contributed by atoms with E-state index in [0.717, 1.165) is 23.8 Å². The largest absolute Gasteiger partial charge is 0.484 e. The van der Waals surface area contributed by atoms with Crippen LogP contribution in [0.4, 0.5) is 0 Å². The molecule has 0 radical (unpaired) electrons. The number of nitrogens with one attached hydrogen (secondary N) is 1. The van der Waals surface area contributed by atoms with Crippen molar-refractivity contribution >= 4 is 11.6 Å². The van der Waals surface area contributed by atoms with Crippen LogP contribution in [-0.2, 0) is 20.2 Å². The van der Waals surface area contributed by atoms with E-state index in [2.05, 4.69) is 15.5 Å². The first-order valence-electron chi connectivity index (χ1n) is 6.02. The van der Waals surface area contributed by atoms with Crippen LogP contribution in [0, 0.1) is 6.92 Å². The monoisotopic (exact) mass is 280 g/mol. The average molecular weight is 281 g/mol. The highest BCUT2D eigenvalue weighted by molar-refractivity contribution is 6.32. The van der Waals surface area contributed by atoms with Gasteiger partial charge in [0.15, 0.2) is 5.82 Å². The number of hydrogen-bond acceptors (Lipinski definition) is 4. The molecule has 0 aliphatic heterocycles. The van der Waals surface area contributed by atoms with Gasteiger partial charge in [0.25, 0.3) is 0 Å². The molecule has 0 spiro atoms. The van der Waals surface area contributed by atoms with E-state index >= 15 is 0 Å². The number of hydrogen-bond donors (Lipinski definition) is 1. The summed E-state index contributed by atoms with van der Waals surface area (Å²) in [5, 5.41) is 11.7. The van der Waals surface area contributed by atoms with Crippen LogP contribution in [0.2, 0.25) is 5.02 Å². The Kier molecular flexibility index (Phi) is 4.39. The average Bonchev–Trinajstić information content (AvgIpc) is 2.70. The van der Waals surface area contributed by atoms with Crippen LogP contribution in [0.5, 0.6) is 5.75 Å². The zero-order valence-corrected chi connectivity index (χ0v) is 12.0. The van der Waals surface area contributed by atoms with E-state index in [1.54, 1.807) is 0 Å². The highest BCUT2D eigenvalue weighted by Gasteiger charge is 2.08. The molecule has 102 valence electrons. The maximum absolute atomic E-state index is 6.18. The Morgan fingerprint density at radius 3 is 2.74 bits per heavy atom. The molecule has 19 heavy (non-hydrogen) atoms. The Labute approximate surface area is 117 Å². The van der Waals surface area contributed by atoms with Gasteiger partial charge in [0.05, 0.1) is 5.02 Å². The van der Waals surface area contributed by atoms with Crippen molar-refractivity contribution in [1.82, 2.24) is 20.1 Å². The Balaban J connectivity index is 2.05. The summed E-state index contributed by atoms with van der Waals surface area (Å²) < 4.78 is 7.57. The third-order valence-electron chi connectivity index (χ3n) is 2.92. The first-order chi connectivity index (χ1) is 9.11. The van der Waals surface area contributed by atoms with Gasteiger partial charge in [-0.15, -0.1) is 10.2 Å². The molecule has 2 aromatic rings. The second-order valence-corrected chi connectivity index (χ2v) is 4.71. The van der Waals surface area contributed by atoms with Gasteiger partial charge in [0.2, 0.25) is 0 Å². The van der Waals surface area contributed by atoms with E-state index in [4.69, 9.17) is 16.3 Å². The summed E-state index contributed by atoms with van der Waals surface area (Å²) in [6, 6.07) is 5.76. The third-order valence-corrected chi connectivity index (χ3v) is 3.21. The van der Waals surface area contributed by atoms with E-state index < -0.39 is 0 Å². The number of ether oxygens (including phenoxy) is 1. The molecule has 5 nitrogen and oxygen atoms in total. The summed E-state index contributed by atoms with van der Waals surface area (Å²) in [6.45, 7) is 3.03. The summed E-state index contributed by atoms with van der Waals surface area (Å²) in [5.74, 6) is 2.28. The Morgan fingerprint density at radius 2 is 2.16 bits per heavy atom. The van der Waals surface area contributed by atoms with E-state index in [1.807, 2.05) is 43.8 Å². The zero-order valence-electron chi connectivity index (χ0n) is 11.3. The summed E-state index contributed by atoms with van der Waals surface area (Å²) in [5.41, 5.74) is 1.12. The van der Waals surface area contributed by atoms with Crippen LogP contribution < -0.4 is 10.1 Å². The van der Waals surface area contributed by atoms with Gasteiger partial charge in [0, 0.05) is 13.6 Å². The van der Waals surface area contributed by atoms with Gasteiger partial charge in [-0.3, -0.25) is 0 Å². The third kappa shape index (κ3) is 3.24. The Bertz CT molecular complexity index is 568. The van der Waals surface area contributed by atoms with E-state index in [-0.39, 0.29) is 0 Å². The van der Waals surface area contributed by atoms with Crippen LogP contribution in [0.25, 0.3) is 0 Å². The van der Waals surface area contributed by atoms with Gasteiger partial charge < -0.3 is 14.6 Å². The van der Waals surface area contributed by atoms with Crippen molar-refractivity contribution in [2.24, 2.45) is 7.05 Å². The van der Waals surface area contributed by atoms with Crippen LogP contribution in [-0.4, -0.2) is 21.8 Å². The van der Waals surface area contributed by atoms with Gasteiger partial charge in [-0.1, -0.05) is 17.7 Å². The minimum absolute atomic E-state index is 0.350. The molecule has 0 saturated heterocycles. The molecule has 6 heteroatoms. The van der Waals surface area contributed by atoms with Crippen molar-refractivity contribution in [2.45, 2.75) is 20.1 Å². The van der Waals surface area contributed by atoms with E-state index in [0.29, 0.717) is 17.4 Å². The maximum Gasteiger partial charge on any atom is 0.170 e. The van der Waals surface area contributed by atoms with Crippen molar-refractivity contribution in [3.8, 4) is 5.75 Å². The van der Waals surface area contributed by atoms with Gasteiger partial charge in [-0.25, -0.2) is 0 Å². The van der Waals surface area contributed by atoms with Crippen molar-refractivity contribution in [3.63, 3.8) is 0 Å². The molecule has 0 saturated carbocycles. The van der Waals surface area contributed by atoms with Crippen molar-refractivity contribution in [2.75, 3.05) is 7.05 Å². The lowest BCUT2D eigenvalue weighted by Gasteiger charge is -2.09. The topological polar surface area (TPSA) is 52.0 Å². The maximum atomic E-state index is 6.18.